The predicted molar refractivity (Wildman–Crippen MR) is 65.8 cm³/mol. The number of nitrogens with zero attached hydrogens (tertiary/aromatic N) is 3. The van der Waals surface area contributed by atoms with Crippen LogP contribution in [-0.2, 0) is 0 Å². The van der Waals surface area contributed by atoms with Crippen molar-refractivity contribution >= 4 is 5.91 Å². The monoisotopic (exact) mass is 240 g/mol. The molecular formula is C13H12N4O. The largest absolute Gasteiger partial charge is 0.349 e. The van der Waals surface area contributed by atoms with Gasteiger partial charge in [0, 0.05) is 30.2 Å². The van der Waals surface area contributed by atoms with Crippen LogP contribution in [0.4, 0.5) is 0 Å². The molecule has 0 unspecified atom stereocenters. The molecule has 0 saturated heterocycles. The number of carbonyl (C=O) groups excluding carboxylic acids is 1. The molecule has 1 saturated carbocycles. The molecule has 90 valence electrons. The zero-order valence-corrected chi connectivity index (χ0v) is 9.71. The van der Waals surface area contributed by atoms with Crippen molar-refractivity contribution < 1.29 is 4.79 Å². The third kappa shape index (κ3) is 2.34. The van der Waals surface area contributed by atoms with Crippen LogP contribution in [0.15, 0.2) is 37.1 Å². The maximum absolute atomic E-state index is 11.8. The Morgan fingerprint density at radius 2 is 1.94 bits per heavy atom. The zero-order chi connectivity index (χ0) is 12.4. The number of pyridine rings is 1. The summed E-state index contributed by atoms with van der Waals surface area (Å²) in [4.78, 5) is 23.9. The summed E-state index contributed by atoms with van der Waals surface area (Å²) in [6, 6.07) is 3.94. The van der Waals surface area contributed by atoms with Crippen LogP contribution in [0.1, 0.15) is 23.2 Å². The number of aromatic nitrogens is 3. The summed E-state index contributed by atoms with van der Waals surface area (Å²) >= 11 is 0. The Hall–Kier alpha value is -2.30. The van der Waals surface area contributed by atoms with E-state index in [-0.39, 0.29) is 5.91 Å². The fourth-order valence-electron chi connectivity index (χ4n) is 1.63. The second-order valence-corrected chi connectivity index (χ2v) is 4.31. The van der Waals surface area contributed by atoms with Crippen LogP contribution >= 0.6 is 0 Å². The van der Waals surface area contributed by atoms with Gasteiger partial charge in [-0.1, -0.05) is 0 Å². The van der Waals surface area contributed by atoms with E-state index in [1.807, 2.05) is 0 Å². The molecule has 1 N–H and O–H groups in total. The van der Waals surface area contributed by atoms with Crippen LogP contribution in [0.3, 0.4) is 0 Å². The van der Waals surface area contributed by atoms with Crippen LogP contribution in [-0.4, -0.2) is 26.9 Å². The van der Waals surface area contributed by atoms with E-state index in [1.165, 1.54) is 6.33 Å². The molecule has 2 heterocycles. The highest BCUT2D eigenvalue weighted by atomic mass is 16.1. The van der Waals surface area contributed by atoms with Gasteiger partial charge in [-0.15, -0.1) is 0 Å². The minimum atomic E-state index is -0.0548. The van der Waals surface area contributed by atoms with Gasteiger partial charge in [-0.05, 0) is 25.0 Å². The highest BCUT2D eigenvalue weighted by Gasteiger charge is 2.23. The molecule has 18 heavy (non-hydrogen) atoms. The first-order valence-electron chi connectivity index (χ1n) is 5.85. The van der Waals surface area contributed by atoms with E-state index < -0.39 is 0 Å². The molecule has 1 aliphatic rings. The van der Waals surface area contributed by atoms with E-state index in [4.69, 9.17) is 0 Å². The Morgan fingerprint density at radius 3 is 2.56 bits per heavy atom. The van der Waals surface area contributed by atoms with E-state index in [0.717, 1.165) is 24.1 Å². The third-order valence-corrected chi connectivity index (χ3v) is 2.79. The maximum atomic E-state index is 11.8. The standard InChI is InChI=1S/C13H12N4O/c18-13(17-11-2-3-11)9-1-4-12(16-7-9)10-5-14-8-15-6-10/h1,4-8,11H,2-3H2,(H,17,18). The number of hydrogen-bond acceptors (Lipinski definition) is 4. The fraction of sp³-hybridized carbons (Fsp3) is 0.231. The van der Waals surface area contributed by atoms with Gasteiger partial charge in [0.25, 0.3) is 5.91 Å². The van der Waals surface area contributed by atoms with E-state index in [9.17, 15) is 4.79 Å². The molecule has 1 fully saturated rings. The van der Waals surface area contributed by atoms with Crippen LogP contribution in [0.2, 0.25) is 0 Å². The van der Waals surface area contributed by atoms with Gasteiger partial charge in [0.2, 0.25) is 0 Å². The molecule has 1 aliphatic carbocycles. The normalized spacial score (nSPS) is 14.2. The van der Waals surface area contributed by atoms with E-state index >= 15 is 0 Å². The summed E-state index contributed by atoms with van der Waals surface area (Å²) in [5, 5.41) is 2.93. The first kappa shape index (κ1) is 10.8. The lowest BCUT2D eigenvalue weighted by molar-refractivity contribution is 0.0951. The summed E-state index contributed by atoms with van der Waals surface area (Å²) in [7, 11) is 0. The molecule has 0 radical (unpaired) electrons. The van der Waals surface area contributed by atoms with Crippen LogP contribution in [0, 0.1) is 0 Å². The highest BCUT2D eigenvalue weighted by Crippen LogP contribution is 2.19. The van der Waals surface area contributed by atoms with Crippen molar-refractivity contribution in [1.29, 1.82) is 0 Å². The number of carbonyl (C=O) groups is 1. The molecule has 0 aliphatic heterocycles. The molecular weight excluding hydrogens is 228 g/mol. The Kier molecular flexibility index (Phi) is 2.72. The smallest absolute Gasteiger partial charge is 0.253 e. The quantitative estimate of drug-likeness (QED) is 0.881. The lowest BCUT2D eigenvalue weighted by Gasteiger charge is -2.04. The van der Waals surface area contributed by atoms with E-state index in [1.54, 1.807) is 30.7 Å². The highest BCUT2D eigenvalue weighted by molar-refractivity contribution is 5.94. The van der Waals surface area contributed by atoms with Gasteiger partial charge in [-0.25, -0.2) is 9.97 Å². The Balaban J connectivity index is 1.78. The second-order valence-electron chi connectivity index (χ2n) is 4.31. The first-order valence-corrected chi connectivity index (χ1v) is 5.85. The van der Waals surface area contributed by atoms with E-state index in [2.05, 4.69) is 20.3 Å². The molecule has 5 nitrogen and oxygen atoms in total. The minimum absolute atomic E-state index is 0.0548. The Labute approximate surface area is 104 Å². The van der Waals surface area contributed by atoms with Gasteiger partial charge in [0.1, 0.15) is 6.33 Å². The number of nitrogens with one attached hydrogen (secondary N) is 1. The molecule has 0 aromatic carbocycles. The average molecular weight is 240 g/mol. The summed E-state index contributed by atoms with van der Waals surface area (Å²) in [5.74, 6) is -0.0548. The molecule has 0 spiro atoms. The maximum Gasteiger partial charge on any atom is 0.253 e. The van der Waals surface area contributed by atoms with Gasteiger partial charge in [-0.3, -0.25) is 9.78 Å². The summed E-state index contributed by atoms with van der Waals surface area (Å²) in [5.41, 5.74) is 2.19. The molecule has 1 amide bonds. The van der Waals surface area contributed by atoms with E-state index in [0.29, 0.717) is 11.6 Å². The fourth-order valence-corrected chi connectivity index (χ4v) is 1.63. The molecule has 5 heteroatoms. The van der Waals surface area contributed by atoms with Crippen molar-refractivity contribution in [3.8, 4) is 11.3 Å². The predicted octanol–water partition coefficient (Wildman–Crippen LogP) is 1.43. The number of amides is 1. The molecule has 0 atom stereocenters. The lowest BCUT2D eigenvalue weighted by atomic mass is 10.2. The molecule has 3 rings (SSSR count). The van der Waals surface area contributed by atoms with Gasteiger partial charge in [-0.2, -0.15) is 0 Å². The van der Waals surface area contributed by atoms with Crippen molar-refractivity contribution in [2.24, 2.45) is 0 Å². The minimum Gasteiger partial charge on any atom is -0.349 e. The summed E-state index contributed by atoms with van der Waals surface area (Å²) in [6.07, 6.45) is 8.61. The Bertz CT molecular complexity index is 549. The van der Waals surface area contributed by atoms with Gasteiger partial charge in [0.15, 0.2) is 0 Å². The second kappa shape index (κ2) is 4.52. The topological polar surface area (TPSA) is 67.8 Å². The average Bonchev–Trinajstić information content (AvgIpc) is 3.24. The SMILES string of the molecule is O=C(NC1CC1)c1ccc(-c2cncnc2)nc1. The molecule has 0 bridgehead atoms. The summed E-state index contributed by atoms with van der Waals surface area (Å²) < 4.78 is 0. The van der Waals surface area contributed by atoms with Crippen molar-refractivity contribution in [3.63, 3.8) is 0 Å². The van der Waals surface area contributed by atoms with Crippen molar-refractivity contribution in [1.82, 2.24) is 20.3 Å². The van der Waals surface area contributed by atoms with Crippen molar-refractivity contribution in [2.45, 2.75) is 18.9 Å². The van der Waals surface area contributed by atoms with Crippen molar-refractivity contribution in [3.05, 3.63) is 42.6 Å². The van der Waals surface area contributed by atoms with Crippen LogP contribution in [0.25, 0.3) is 11.3 Å². The van der Waals surface area contributed by atoms with Gasteiger partial charge < -0.3 is 5.32 Å². The lowest BCUT2D eigenvalue weighted by Crippen LogP contribution is -2.25. The third-order valence-electron chi connectivity index (χ3n) is 2.79. The van der Waals surface area contributed by atoms with Crippen LogP contribution in [0.5, 0.6) is 0 Å². The van der Waals surface area contributed by atoms with Gasteiger partial charge >= 0.3 is 0 Å². The van der Waals surface area contributed by atoms with Crippen LogP contribution < -0.4 is 5.32 Å². The Morgan fingerprint density at radius 1 is 1.17 bits per heavy atom. The van der Waals surface area contributed by atoms with Gasteiger partial charge in [0.05, 0.1) is 11.3 Å². The van der Waals surface area contributed by atoms with Crippen molar-refractivity contribution in [2.75, 3.05) is 0 Å². The molecule has 2 aromatic heterocycles. The zero-order valence-electron chi connectivity index (χ0n) is 9.71. The first-order chi connectivity index (χ1) is 8.83. The number of hydrogen-bond donors (Lipinski definition) is 1. The number of rotatable bonds is 3. The summed E-state index contributed by atoms with van der Waals surface area (Å²) in [6.45, 7) is 0. The molecule has 2 aromatic rings.